The number of aromatic nitrogens is 2. The van der Waals surface area contributed by atoms with Crippen LogP contribution in [0.4, 0.5) is 5.82 Å². The lowest BCUT2D eigenvalue weighted by Crippen LogP contribution is -2.49. The number of ether oxygens (including phenoxy) is 1. The van der Waals surface area contributed by atoms with E-state index < -0.39 is 16.0 Å². The first-order chi connectivity index (χ1) is 14.3. The number of pyridine rings is 1. The van der Waals surface area contributed by atoms with Gasteiger partial charge in [-0.05, 0) is 18.2 Å². The molecule has 0 aromatic carbocycles. The molecule has 0 spiro atoms. The summed E-state index contributed by atoms with van der Waals surface area (Å²) < 4.78 is 33.3. The Balaban J connectivity index is 1.49. The van der Waals surface area contributed by atoms with E-state index >= 15 is 0 Å². The van der Waals surface area contributed by atoms with Crippen molar-refractivity contribution in [2.45, 2.75) is 11.3 Å². The molecule has 0 saturated carbocycles. The fourth-order valence-electron chi connectivity index (χ4n) is 3.25. The maximum Gasteiger partial charge on any atom is 0.354 e. The average molecular weight is 436 g/mol. The highest BCUT2D eigenvalue weighted by Gasteiger charge is 2.24. The first-order valence-corrected chi connectivity index (χ1v) is 11.0. The minimum atomic E-state index is -3.84. The van der Waals surface area contributed by atoms with E-state index in [1.54, 1.807) is 18.1 Å². The number of nitrogens with zero attached hydrogens (tertiary/aromatic N) is 4. The molecule has 2 aromatic heterocycles. The molecule has 3 heterocycles. The van der Waals surface area contributed by atoms with Gasteiger partial charge in [0, 0.05) is 58.6 Å². The number of piperazine rings is 1. The molecule has 0 bridgehead atoms. The lowest BCUT2D eigenvalue weighted by Gasteiger charge is -2.35. The smallest absolute Gasteiger partial charge is 0.354 e. The van der Waals surface area contributed by atoms with Gasteiger partial charge in [-0.15, -0.1) is 0 Å². The molecule has 1 amide bonds. The van der Waals surface area contributed by atoms with Crippen LogP contribution in [-0.2, 0) is 26.6 Å². The minimum Gasteiger partial charge on any atom is -0.464 e. The molecular weight excluding hydrogens is 410 g/mol. The molecule has 0 unspecified atom stereocenters. The van der Waals surface area contributed by atoms with Crippen molar-refractivity contribution in [2.75, 3.05) is 44.7 Å². The van der Waals surface area contributed by atoms with Crippen molar-refractivity contribution in [3.63, 3.8) is 0 Å². The summed E-state index contributed by atoms with van der Waals surface area (Å²) in [6.45, 7) is 2.44. The van der Waals surface area contributed by atoms with E-state index in [2.05, 4.69) is 19.3 Å². The fraction of sp³-hybridized carbons (Fsp3) is 0.421. The van der Waals surface area contributed by atoms with Gasteiger partial charge in [-0.1, -0.05) is 6.07 Å². The second kappa shape index (κ2) is 9.26. The summed E-state index contributed by atoms with van der Waals surface area (Å²) in [5.74, 6) is 0.146. The number of aryl methyl sites for hydroxylation is 1. The molecule has 1 fully saturated rings. The monoisotopic (exact) mass is 435 g/mol. The molecule has 2 aromatic rings. The van der Waals surface area contributed by atoms with Gasteiger partial charge in [0.15, 0.2) is 0 Å². The van der Waals surface area contributed by atoms with Crippen molar-refractivity contribution in [3.05, 3.63) is 42.4 Å². The fourth-order valence-corrected chi connectivity index (χ4v) is 4.35. The zero-order valence-electron chi connectivity index (χ0n) is 16.9. The highest BCUT2D eigenvalue weighted by Crippen LogP contribution is 2.15. The maximum atomic E-state index is 12.5. The molecule has 1 N–H and O–H groups in total. The first kappa shape index (κ1) is 21.8. The van der Waals surface area contributed by atoms with Crippen LogP contribution in [0.15, 0.2) is 41.6 Å². The van der Waals surface area contributed by atoms with E-state index in [4.69, 9.17) is 0 Å². The van der Waals surface area contributed by atoms with Gasteiger partial charge in [0.25, 0.3) is 0 Å². The van der Waals surface area contributed by atoms with Gasteiger partial charge in [-0.2, -0.15) is 0 Å². The number of anilines is 1. The Morgan fingerprint density at radius 2 is 1.93 bits per heavy atom. The van der Waals surface area contributed by atoms with Crippen LogP contribution in [0.2, 0.25) is 0 Å². The number of carbonyl (C=O) groups excluding carboxylic acids is 2. The number of sulfonamides is 1. The predicted molar refractivity (Wildman–Crippen MR) is 110 cm³/mol. The topological polar surface area (TPSA) is 114 Å². The van der Waals surface area contributed by atoms with E-state index in [1.807, 2.05) is 18.2 Å². The van der Waals surface area contributed by atoms with Crippen molar-refractivity contribution in [2.24, 2.45) is 7.05 Å². The number of amides is 1. The molecule has 10 nitrogen and oxygen atoms in total. The lowest BCUT2D eigenvalue weighted by atomic mass is 10.2. The minimum absolute atomic E-state index is 0.0237. The summed E-state index contributed by atoms with van der Waals surface area (Å²) in [5.41, 5.74) is 0.125. The quantitative estimate of drug-likeness (QED) is 0.619. The van der Waals surface area contributed by atoms with Crippen LogP contribution in [0.25, 0.3) is 0 Å². The van der Waals surface area contributed by atoms with Crippen LogP contribution < -0.4 is 9.62 Å². The van der Waals surface area contributed by atoms with Crippen LogP contribution >= 0.6 is 0 Å². The van der Waals surface area contributed by atoms with E-state index in [0.717, 1.165) is 5.82 Å². The van der Waals surface area contributed by atoms with Gasteiger partial charge in [0.2, 0.25) is 15.9 Å². The third kappa shape index (κ3) is 4.97. The molecule has 1 saturated heterocycles. The summed E-state index contributed by atoms with van der Waals surface area (Å²) in [7, 11) is -1.06. The number of hydrogen-bond donors (Lipinski definition) is 1. The van der Waals surface area contributed by atoms with Crippen LogP contribution in [0.3, 0.4) is 0 Å². The number of methoxy groups -OCH3 is 1. The Bertz CT molecular complexity index is 998. The van der Waals surface area contributed by atoms with Crippen LogP contribution in [-0.4, -0.2) is 74.6 Å². The molecule has 0 atom stereocenters. The molecule has 30 heavy (non-hydrogen) atoms. The van der Waals surface area contributed by atoms with Crippen molar-refractivity contribution in [1.29, 1.82) is 0 Å². The first-order valence-electron chi connectivity index (χ1n) is 9.50. The predicted octanol–water partition coefficient (Wildman–Crippen LogP) is 0.224. The van der Waals surface area contributed by atoms with Crippen molar-refractivity contribution in [1.82, 2.24) is 19.2 Å². The Kier molecular flexibility index (Phi) is 6.73. The van der Waals surface area contributed by atoms with Crippen molar-refractivity contribution >= 4 is 27.7 Å². The number of carbonyl (C=O) groups is 2. The summed E-state index contributed by atoms with van der Waals surface area (Å²) in [4.78, 5) is 32.2. The van der Waals surface area contributed by atoms with Gasteiger partial charge in [-0.25, -0.2) is 22.9 Å². The highest BCUT2D eigenvalue weighted by molar-refractivity contribution is 7.89. The van der Waals surface area contributed by atoms with Gasteiger partial charge in [-0.3, -0.25) is 4.79 Å². The van der Waals surface area contributed by atoms with E-state index in [0.29, 0.717) is 26.2 Å². The average Bonchev–Trinajstić information content (AvgIpc) is 3.16. The molecule has 0 radical (unpaired) electrons. The third-order valence-electron chi connectivity index (χ3n) is 4.92. The lowest BCUT2D eigenvalue weighted by molar-refractivity contribution is -0.131. The molecule has 1 aliphatic heterocycles. The Hall–Kier alpha value is -2.92. The molecule has 11 heteroatoms. The molecule has 3 rings (SSSR count). The van der Waals surface area contributed by atoms with Crippen LogP contribution in [0, 0.1) is 0 Å². The molecular formula is C19H25N5O5S. The SMILES string of the molecule is COC(=O)c1cc(S(=O)(=O)NCCC(=O)N2CCN(c3ccccn3)CC2)cn1C. The zero-order valence-corrected chi connectivity index (χ0v) is 17.8. The number of nitrogens with one attached hydrogen (secondary N) is 1. The van der Waals surface area contributed by atoms with Crippen LogP contribution in [0.5, 0.6) is 0 Å². The molecule has 162 valence electrons. The van der Waals surface area contributed by atoms with Crippen molar-refractivity contribution in [3.8, 4) is 0 Å². The van der Waals surface area contributed by atoms with Gasteiger partial charge in [0.1, 0.15) is 16.4 Å². The standard InChI is InChI=1S/C19H25N5O5S/c1-22-14-15(13-16(22)19(26)29-2)30(27,28)21-8-6-18(25)24-11-9-23(10-12-24)17-5-3-4-7-20-17/h3-5,7,13-14,21H,6,8-12H2,1-2H3. The van der Waals surface area contributed by atoms with Gasteiger partial charge in [0.05, 0.1) is 7.11 Å². The highest BCUT2D eigenvalue weighted by atomic mass is 32.2. The number of hydrogen-bond acceptors (Lipinski definition) is 7. The van der Waals surface area contributed by atoms with E-state index in [-0.39, 0.29) is 29.5 Å². The largest absolute Gasteiger partial charge is 0.464 e. The maximum absolute atomic E-state index is 12.5. The van der Waals surface area contributed by atoms with E-state index in [9.17, 15) is 18.0 Å². The Morgan fingerprint density at radius 3 is 2.57 bits per heavy atom. The van der Waals surface area contributed by atoms with Gasteiger partial charge >= 0.3 is 5.97 Å². The third-order valence-corrected chi connectivity index (χ3v) is 6.35. The Morgan fingerprint density at radius 1 is 1.20 bits per heavy atom. The Labute approximate surface area is 175 Å². The second-order valence-electron chi connectivity index (χ2n) is 6.87. The van der Waals surface area contributed by atoms with Crippen molar-refractivity contribution < 1.29 is 22.7 Å². The van der Waals surface area contributed by atoms with E-state index in [1.165, 1.54) is 23.9 Å². The number of rotatable bonds is 7. The van der Waals surface area contributed by atoms with Gasteiger partial charge < -0.3 is 19.1 Å². The second-order valence-corrected chi connectivity index (χ2v) is 8.63. The normalized spacial score (nSPS) is 14.6. The summed E-state index contributed by atoms with van der Waals surface area (Å²) in [5, 5.41) is 0. The number of esters is 1. The zero-order chi connectivity index (χ0) is 21.7. The molecule has 1 aliphatic rings. The summed E-state index contributed by atoms with van der Waals surface area (Å²) in [6, 6.07) is 6.96. The van der Waals surface area contributed by atoms with Crippen LogP contribution in [0.1, 0.15) is 16.9 Å². The molecule has 0 aliphatic carbocycles. The summed E-state index contributed by atoms with van der Waals surface area (Å²) >= 11 is 0. The summed E-state index contributed by atoms with van der Waals surface area (Å²) in [6.07, 6.45) is 3.12.